The van der Waals surface area contributed by atoms with Crippen LogP contribution in [0.4, 0.5) is 5.69 Å². The van der Waals surface area contributed by atoms with Gasteiger partial charge in [-0.15, -0.1) is 0 Å². The van der Waals surface area contributed by atoms with Gasteiger partial charge in [0.2, 0.25) is 0 Å². The van der Waals surface area contributed by atoms with Gasteiger partial charge >= 0.3 is 0 Å². The summed E-state index contributed by atoms with van der Waals surface area (Å²) in [6.45, 7) is 3.83. The molecule has 1 aromatic heterocycles. The molecule has 1 heterocycles. The smallest absolute Gasteiger partial charge is 0.270 e. The van der Waals surface area contributed by atoms with Gasteiger partial charge in [0.05, 0.1) is 0 Å². The van der Waals surface area contributed by atoms with Crippen molar-refractivity contribution in [3.63, 3.8) is 0 Å². The van der Waals surface area contributed by atoms with Crippen LogP contribution in [0, 0.1) is 0 Å². The highest BCUT2D eigenvalue weighted by Gasteiger charge is 2.12. The molecule has 2 rings (SSSR count). The van der Waals surface area contributed by atoms with Crippen molar-refractivity contribution < 1.29 is 4.79 Å². The Morgan fingerprint density at radius 2 is 2.12 bits per heavy atom. The topological polar surface area (TPSA) is 68.0 Å². The van der Waals surface area contributed by atoms with Crippen molar-refractivity contribution in [3.8, 4) is 0 Å². The summed E-state index contributed by atoms with van der Waals surface area (Å²) < 4.78 is 0. The van der Waals surface area contributed by atoms with Crippen molar-refractivity contribution in [3.05, 3.63) is 36.2 Å². The first-order valence-electron chi connectivity index (χ1n) is 5.53. The van der Waals surface area contributed by atoms with Gasteiger partial charge in [-0.2, -0.15) is 0 Å². The molecule has 4 heteroatoms. The Bertz CT molecular complexity index is 564. The Morgan fingerprint density at radius 1 is 1.35 bits per heavy atom. The molecule has 4 nitrogen and oxygen atoms in total. The van der Waals surface area contributed by atoms with E-state index in [1.165, 1.54) is 0 Å². The third-order valence-corrected chi connectivity index (χ3v) is 2.43. The summed E-state index contributed by atoms with van der Waals surface area (Å²) in [6.07, 6.45) is 1.63. The number of nitrogen functional groups attached to an aromatic ring is 1. The summed E-state index contributed by atoms with van der Waals surface area (Å²) in [5.41, 5.74) is 6.78. The second-order valence-corrected chi connectivity index (χ2v) is 4.27. The lowest BCUT2D eigenvalue weighted by atomic mass is 10.1. The SMILES string of the molecule is CC(C)NC(=O)c1nccc2ccc(N)cc12. The Kier molecular flexibility index (Phi) is 2.95. The molecular formula is C13H15N3O. The Balaban J connectivity index is 2.53. The fourth-order valence-corrected chi connectivity index (χ4v) is 1.70. The van der Waals surface area contributed by atoms with Crippen molar-refractivity contribution in [1.82, 2.24) is 10.3 Å². The van der Waals surface area contributed by atoms with Crippen LogP contribution < -0.4 is 11.1 Å². The number of carbonyl (C=O) groups excluding carboxylic acids is 1. The summed E-state index contributed by atoms with van der Waals surface area (Å²) in [6, 6.07) is 7.42. The summed E-state index contributed by atoms with van der Waals surface area (Å²) in [5, 5.41) is 4.57. The molecule has 88 valence electrons. The predicted molar refractivity (Wildman–Crippen MR) is 68.8 cm³/mol. The lowest BCUT2D eigenvalue weighted by Crippen LogP contribution is -2.30. The van der Waals surface area contributed by atoms with E-state index in [1.54, 1.807) is 12.3 Å². The number of amides is 1. The van der Waals surface area contributed by atoms with E-state index in [4.69, 9.17) is 5.73 Å². The van der Waals surface area contributed by atoms with Crippen LogP contribution in [0.5, 0.6) is 0 Å². The molecule has 1 amide bonds. The van der Waals surface area contributed by atoms with E-state index in [0.717, 1.165) is 10.8 Å². The highest BCUT2D eigenvalue weighted by molar-refractivity contribution is 6.05. The van der Waals surface area contributed by atoms with Crippen LogP contribution in [0.15, 0.2) is 30.5 Å². The highest BCUT2D eigenvalue weighted by Crippen LogP contribution is 2.19. The van der Waals surface area contributed by atoms with E-state index in [-0.39, 0.29) is 11.9 Å². The lowest BCUT2D eigenvalue weighted by Gasteiger charge is -2.09. The van der Waals surface area contributed by atoms with Crippen molar-refractivity contribution >= 4 is 22.4 Å². The third-order valence-electron chi connectivity index (χ3n) is 2.43. The molecule has 0 aliphatic carbocycles. The number of aromatic nitrogens is 1. The largest absolute Gasteiger partial charge is 0.399 e. The summed E-state index contributed by atoms with van der Waals surface area (Å²) in [7, 11) is 0. The normalized spacial score (nSPS) is 10.8. The maximum Gasteiger partial charge on any atom is 0.270 e. The van der Waals surface area contributed by atoms with Crippen LogP contribution in [0.25, 0.3) is 10.8 Å². The van der Waals surface area contributed by atoms with Crippen molar-refractivity contribution in [2.24, 2.45) is 0 Å². The number of nitrogens with zero attached hydrogens (tertiary/aromatic N) is 1. The molecule has 0 aliphatic heterocycles. The number of fused-ring (bicyclic) bond motifs is 1. The summed E-state index contributed by atoms with van der Waals surface area (Å²) in [4.78, 5) is 16.1. The van der Waals surface area contributed by atoms with Crippen molar-refractivity contribution in [2.75, 3.05) is 5.73 Å². The molecule has 0 aliphatic rings. The van der Waals surface area contributed by atoms with E-state index < -0.39 is 0 Å². The fraction of sp³-hybridized carbons (Fsp3) is 0.231. The van der Waals surface area contributed by atoms with Crippen LogP contribution in [0.2, 0.25) is 0 Å². The molecule has 3 N–H and O–H groups in total. The molecule has 0 spiro atoms. The van der Waals surface area contributed by atoms with Gasteiger partial charge in [-0.05, 0) is 37.4 Å². The third kappa shape index (κ3) is 2.36. The van der Waals surface area contributed by atoms with Gasteiger partial charge in [-0.25, -0.2) is 0 Å². The van der Waals surface area contributed by atoms with Gasteiger partial charge in [0.25, 0.3) is 5.91 Å². The quantitative estimate of drug-likeness (QED) is 0.773. The zero-order valence-electron chi connectivity index (χ0n) is 9.90. The minimum absolute atomic E-state index is 0.0839. The average Bonchev–Trinajstić information content (AvgIpc) is 2.27. The number of rotatable bonds is 2. The molecule has 0 saturated carbocycles. The van der Waals surface area contributed by atoms with Gasteiger partial charge in [0.15, 0.2) is 0 Å². The Morgan fingerprint density at radius 3 is 2.82 bits per heavy atom. The molecule has 0 atom stereocenters. The van der Waals surface area contributed by atoms with Gasteiger partial charge in [-0.1, -0.05) is 6.07 Å². The molecular weight excluding hydrogens is 214 g/mol. The highest BCUT2D eigenvalue weighted by atomic mass is 16.1. The predicted octanol–water partition coefficient (Wildman–Crippen LogP) is 1.96. The Labute approximate surface area is 99.8 Å². The van der Waals surface area contributed by atoms with Crippen LogP contribution in [-0.4, -0.2) is 16.9 Å². The molecule has 0 saturated heterocycles. The number of pyridine rings is 1. The van der Waals surface area contributed by atoms with E-state index in [2.05, 4.69) is 10.3 Å². The fourth-order valence-electron chi connectivity index (χ4n) is 1.70. The van der Waals surface area contributed by atoms with Crippen LogP contribution in [-0.2, 0) is 0 Å². The number of hydrogen-bond acceptors (Lipinski definition) is 3. The zero-order valence-corrected chi connectivity index (χ0v) is 9.90. The molecule has 2 aromatic rings. The van der Waals surface area contributed by atoms with Crippen molar-refractivity contribution in [1.29, 1.82) is 0 Å². The van der Waals surface area contributed by atoms with Gasteiger partial charge in [0, 0.05) is 23.3 Å². The number of benzene rings is 1. The Hall–Kier alpha value is -2.10. The monoisotopic (exact) mass is 229 g/mol. The molecule has 0 unspecified atom stereocenters. The second kappa shape index (κ2) is 4.41. The molecule has 17 heavy (non-hydrogen) atoms. The number of hydrogen-bond donors (Lipinski definition) is 2. The standard InChI is InChI=1S/C13H15N3O/c1-8(2)16-13(17)12-11-7-10(14)4-3-9(11)5-6-15-12/h3-8H,14H2,1-2H3,(H,16,17). The van der Waals surface area contributed by atoms with E-state index in [1.807, 2.05) is 32.0 Å². The molecule has 0 radical (unpaired) electrons. The molecule has 0 fully saturated rings. The van der Waals surface area contributed by atoms with Crippen LogP contribution in [0.3, 0.4) is 0 Å². The van der Waals surface area contributed by atoms with E-state index in [0.29, 0.717) is 11.4 Å². The van der Waals surface area contributed by atoms with E-state index >= 15 is 0 Å². The van der Waals surface area contributed by atoms with Gasteiger partial charge < -0.3 is 11.1 Å². The lowest BCUT2D eigenvalue weighted by molar-refractivity contribution is 0.0940. The first-order valence-corrected chi connectivity index (χ1v) is 5.53. The number of nitrogens with one attached hydrogen (secondary N) is 1. The molecule has 1 aromatic carbocycles. The minimum Gasteiger partial charge on any atom is -0.399 e. The van der Waals surface area contributed by atoms with Gasteiger partial charge in [-0.3, -0.25) is 9.78 Å². The number of carbonyl (C=O) groups is 1. The van der Waals surface area contributed by atoms with E-state index in [9.17, 15) is 4.79 Å². The minimum atomic E-state index is -0.170. The zero-order chi connectivity index (χ0) is 12.4. The van der Waals surface area contributed by atoms with Crippen LogP contribution >= 0.6 is 0 Å². The summed E-state index contributed by atoms with van der Waals surface area (Å²) in [5.74, 6) is -0.170. The molecule has 0 bridgehead atoms. The average molecular weight is 229 g/mol. The number of nitrogens with two attached hydrogens (primary N) is 1. The van der Waals surface area contributed by atoms with Crippen LogP contribution in [0.1, 0.15) is 24.3 Å². The maximum absolute atomic E-state index is 12.0. The first-order chi connectivity index (χ1) is 8.08. The van der Waals surface area contributed by atoms with Crippen molar-refractivity contribution in [2.45, 2.75) is 19.9 Å². The maximum atomic E-state index is 12.0. The summed E-state index contributed by atoms with van der Waals surface area (Å²) >= 11 is 0. The number of anilines is 1. The first kappa shape index (κ1) is 11.4. The second-order valence-electron chi connectivity index (χ2n) is 4.27. The van der Waals surface area contributed by atoms with Gasteiger partial charge in [0.1, 0.15) is 5.69 Å².